The van der Waals surface area contributed by atoms with Crippen LogP contribution in [0, 0.1) is 13.7 Å². The predicted molar refractivity (Wildman–Crippen MR) is 97.8 cm³/mol. The molecule has 0 spiro atoms. The van der Waals surface area contributed by atoms with E-state index >= 15 is 0 Å². The largest absolute Gasteiger partial charge is 0.507 e. The first-order valence-electron chi connectivity index (χ1n) is 6.67. The minimum atomic E-state index is -0.860. The molecule has 0 aliphatic heterocycles. The van der Waals surface area contributed by atoms with E-state index in [9.17, 15) is 24.8 Å². The molecule has 0 saturated heterocycles. The third-order valence-electron chi connectivity index (χ3n) is 2.95. The van der Waals surface area contributed by atoms with Gasteiger partial charge in [-0.1, -0.05) is 11.6 Å². The number of non-ortho nitro benzene ring substituents is 1. The summed E-state index contributed by atoms with van der Waals surface area (Å²) in [6.07, 6.45) is 0. The number of ether oxygens (including phenoxy) is 1. The van der Waals surface area contributed by atoms with E-state index in [0.717, 1.165) is 6.07 Å². The Hall–Kier alpha value is -2.40. The zero-order chi connectivity index (χ0) is 18.6. The van der Waals surface area contributed by atoms with Gasteiger partial charge in [0.25, 0.3) is 11.6 Å². The van der Waals surface area contributed by atoms with Crippen molar-refractivity contribution >= 4 is 57.4 Å². The van der Waals surface area contributed by atoms with Crippen molar-refractivity contribution in [3.63, 3.8) is 0 Å². The Morgan fingerprint density at radius 1 is 1.28 bits per heavy atom. The molecule has 0 unspecified atom stereocenters. The second-order valence-electron chi connectivity index (χ2n) is 4.71. The van der Waals surface area contributed by atoms with Crippen molar-refractivity contribution in [3.05, 3.63) is 60.7 Å². The lowest BCUT2D eigenvalue weighted by Gasteiger charge is -2.09. The minimum absolute atomic E-state index is 0.0239. The van der Waals surface area contributed by atoms with E-state index in [-0.39, 0.29) is 27.7 Å². The van der Waals surface area contributed by atoms with Gasteiger partial charge in [0.05, 0.1) is 15.6 Å². The van der Waals surface area contributed by atoms with Crippen molar-refractivity contribution in [2.75, 3.05) is 11.9 Å². The Labute approximate surface area is 160 Å². The van der Waals surface area contributed by atoms with Crippen LogP contribution in [0.25, 0.3) is 0 Å². The molecule has 130 valence electrons. The van der Waals surface area contributed by atoms with Gasteiger partial charge < -0.3 is 15.2 Å². The molecule has 0 radical (unpaired) electrons. The Balaban J connectivity index is 1.98. The minimum Gasteiger partial charge on any atom is -0.507 e. The number of nitro benzene ring substituents is 1. The number of nitrogens with one attached hydrogen (secondary N) is 1. The first kappa shape index (κ1) is 18.9. The number of anilines is 1. The molecule has 0 bridgehead atoms. The SMILES string of the molecule is O=C(COC(=O)c1cc(I)ccc1O)Nc1ccc([N+](=O)[O-])cc1Cl. The summed E-state index contributed by atoms with van der Waals surface area (Å²) in [4.78, 5) is 33.7. The summed E-state index contributed by atoms with van der Waals surface area (Å²) in [6.45, 7) is -0.614. The molecule has 2 rings (SSSR count). The molecule has 0 heterocycles. The maximum absolute atomic E-state index is 11.9. The number of nitro groups is 1. The van der Waals surface area contributed by atoms with Gasteiger partial charge in [-0.15, -0.1) is 0 Å². The molecule has 2 N–H and O–H groups in total. The molecule has 0 saturated carbocycles. The second kappa shape index (κ2) is 8.12. The lowest BCUT2D eigenvalue weighted by molar-refractivity contribution is -0.384. The van der Waals surface area contributed by atoms with Crippen LogP contribution < -0.4 is 5.32 Å². The Morgan fingerprint density at radius 3 is 2.64 bits per heavy atom. The number of hydrogen-bond acceptors (Lipinski definition) is 6. The number of phenols is 1. The third kappa shape index (κ3) is 5.03. The third-order valence-corrected chi connectivity index (χ3v) is 3.93. The number of aromatic hydroxyl groups is 1. The second-order valence-corrected chi connectivity index (χ2v) is 6.36. The highest BCUT2D eigenvalue weighted by Gasteiger charge is 2.16. The molecule has 0 aromatic heterocycles. The topological polar surface area (TPSA) is 119 Å². The summed E-state index contributed by atoms with van der Waals surface area (Å²) in [7, 11) is 0. The van der Waals surface area contributed by atoms with E-state index in [1.54, 1.807) is 6.07 Å². The van der Waals surface area contributed by atoms with E-state index in [2.05, 4.69) is 5.32 Å². The van der Waals surface area contributed by atoms with Crippen LogP contribution in [0.5, 0.6) is 5.75 Å². The number of benzene rings is 2. The molecule has 2 aromatic carbocycles. The normalized spacial score (nSPS) is 10.2. The molecule has 0 fully saturated rings. The quantitative estimate of drug-likeness (QED) is 0.296. The summed E-state index contributed by atoms with van der Waals surface area (Å²) >= 11 is 7.82. The van der Waals surface area contributed by atoms with Gasteiger partial charge in [-0.2, -0.15) is 0 Å². The van der Waals surface area contributed by atoms with Crippen molar-refractivity contribution in [3.8, 4) is 5.75 Å². The highest BCUT2D eigenvalue weighted by Crippen LogP contribution is 2.26. The van der Waals surface area contributed by atoms with Crippen LogP contribution >= 0.6 is 34.2 Å². The molecule has 1 amide bonds. The van der Waals surface area contributed by atoms with Gasteiger partial charge in [-0.3, -0.25) is 14.9 Å². The summed E-state index contributed by atoms with van der Waals surface area (Å²) < 4.78 is 5.55. The summed E-state index contributed by atoms with van der Waals surface area (Å²) in [6, 6.07) is 7.91. The average molecular weight is 477 g/mol. The van der Waals surface area contributed by atoms with Crippen LogP contribution in [0.2, 0.25) is 5.02 Å². The zero-order valence-electron chi connectivity index (χ0n) is 12.4. The van der Waals surface area contributed by atoms with Crippen LogP contribution in [0.4, 0.5) is 11.4 Å². The van der Waals surface area contributed by atoms with Gasteiger partial charge >= 0.3 is 5.97 Å². The van der Waals surface area contributed by atoms with Gasteiger partial charge in [-0.05, 0) is 46.9 Å². The van der Waals surface area contributed by atoms with Crippen molar-refractivity contribution in [2.45, 2.75) is 0 Å². The fourth-order valence-corrected chi connectivity index (χ4v) is 2.50. The number of rotatable bonds is 5. The standard InChI is InChI=1S/C15H10ClIN2O6/c16-11-6-9(19(23)24)2-3-12(11)18-14(21)7-25-15(22)10-5-8(17)1-4-13(10)20/h1-6,20H,7H2,(H,18,21). The van der Waals surface area contributed by atoms with Crippen LogP contribution in [0.1, 0.15) is 10.4 Å². The number of hydrogen-bond donors (Lipinski definition) is 2. The number of nitrogens with zero attached hydrogens (tertiary/aromatic N) is 1. The van der Waals surface area contributed by atoms with Crippen molar-refractivity contribution in [1.82, 2.24) is 0 Å². The maximum atomic E-state index is 11.9. The van der Waals surface area contributed by atoms with E-state index in [0.29, 0.717) is 3.57 Å². The zero-order valence-corrected chi connectivity index (χ0v) is 15.3. The lowest BCUT2D eigenvalue weighted by Crippen LogP contribution is -2.21. The molecule has 10 heteroatoms. The van der Waals surface area contributed by atoms with Gasteiger partial charge in [-0.25, -0.2) is 4.79 Å². The molecule has 25 heavy (non-hydrogen) atoms. The summed E-state index contributed by atoms with van der Waals surface area (Å²) in [5.41, 5.74) is -0.137. The highest BCUT2D eigenvalue weighted by molar-refractivity contribution is 14.1. The van der Waals surface area contributed by atoms with Crippen LogP contribution in [-0.4, -0.2) is 28.5 Å². The fraction of sp³-hybridized carbons (Fsp3) is 0.0667. The van der Waals surface area contributed by atoms with Gasteiger partial charge in [0, 0.05) is 15.7 Å². The number of esters is 1. The molecule has 0 atom stereocenters. The molecular weight excluding hydrogens is 467 g/mol. The first-order chi connectivity index (χ1) is 11.8. The molecular formula is C15H10ClIN2O6. The lowest BCUT2D eigenvalue weighted by atomic mass is 10.2. The van der Waals surface area contributed by atoms with Crippen LogP contribution in [-0.2, 0) is 9.53 Å². The summed E-state index contributed by atoms with van der Waals surface area (Å²) in [5.74, 6) is -1.81. The molecule has 0 aliphatic rings. The van der Waals surface area contributed by atoms with Crippen LogP contribution in [0.3, 0.4) is 0 Å². The monoisotopic (exact) mass is 476 g/mol. The van der Waals surface area contributed by atoms with E-state index < -0.39 is 23.4 Å². The maximum Gasteiger partial charge on any atom is 0.342 e. The van der Waals surface area contributed by atoms with Gasteiger partial charge in [0.2, 0.25) is 0 Å². The predicted octanol–water partition coefficient (Wildman–Crippen LogP) is 3.35. The van der Waals surface area contributed by atoms with Crippen molar-refractivity contribution in [2.24, 2.45) is 0 Å². The van der Waals surface area contributed by atoms with Gasteiger partial charge in [0.15, 0.2) is 6.61 Å². The highest BCUT2D eigenvalue weighted by atomic mass is 127. The van der Waals surface area contributed by atoms with E-state index in [1.807, 2.05) is 22.6 Å². The van der Waals surface area contributed by atoms with Crippen LogP contribution in [0.15, 0.2) is 36.4 Å². The number of halogens is 2. The Bertz CT molecular complexity index is 858. The average Bonchev–Trinajstić information content (AvgIpc) is 2.56. The molecule has 8 nitrogen and oxygen atoms in total. The number of phenolic OH excluding ortho intramolecular Hbond substituents is 1. The number of carbonyl (C=O) groups excluding carboxylic acids is 2. The first-order valence-corrected chi connectivity index (χ1v) is 8.13. The summed E-state index contributed by atoms with van der Waals surface area (Å²) in [5, 5.41) is 22.6. The van der Waals surface area contributed by atoms with Gasteiger partial charge in [0.1, 0.15) is 11.3 Å². The van der Waals surface area contributed by atoms with E-state index in [1.165, 1.54) is 24.3 Å². The molecule has 0 aliphatic carbocycles. The van der Waals surface area contributed by atoms with E-state index in [4.69, 9.17) is 16.3 Å². The Kier molecular flexibility index (Phi) is 6.15. The Morgan fingerprint density at radius 2 is 2.00 bits per heavy atom. The van der Waals surface area contributed by atoms with Crippen molar-refractivity contribution in [1.29, 1.82) is 0 Å². The number of carbonyl (C=O) groups is 2. The smallest absolute Gasteiger partial charge is 0.342 e. The molecule has 2 aromatic rings. The fourth-order valence-electron chi connectivity index (χ4n) is 1.79. The number of amides is 1. The van der Waals surface area contributed by atoms with Crippen molar-refractivity contribution < 1.29 is 24.4 Å².